The molecule has 0 saturated heterocycles. The Morgan fingerprint density at radius 3 is 3.33 bits per heavy atom. The van der Waals surface area contributed by atoms with Crippen molar-refractivity contribution < 1.29 is 9.53 Å². The van der Waals surface area contributed by atoms with Crippen LogP contribution in [-0.2, 0) is 22.5 Å². The van der Waals surface area contributed by atoms with Crippen molar-refractivity contribution in [2.24, 2.45) is 5.92 Å². The molecule has 4 heteroatoms. The average Bonchev–Trinajstić information content (AvgIpc) is 2.60. The second kappa shape index (κ2) is 2.62. The van der Waals surface area contributed by atoms with Crippen LogP contribution in [0.1, 0.15) is 5.69 Å². The van der Waals surface area contributed by atoms with E-state index >= 15 is 0 Å². The van der Waals surface area contributed by atoms with Gasteiger partial charge in [0.2, 0.25) is 0 Å². The fourth-order valence-electron chi connectivity index (χ4n) is 1.55. The summed E-state index contributed by atoms with van der Waals surface area (Å²) in [7, 11) is 1.42. The van der Waals surface area contributed by atoms with Crippen molar-refractivity contribution in [3.63, 3.8) is 0 Å². The monoisotopic (exact) mass is 166 g/mol. The second-order valence-corrected chi connectivity index (χ2v) is 2.93. The fraction of sp³-hybridized carbons (Fsp3) is 0.500. The largest absolute Gasteiger partial charge is 0.469 e. The highest BCUT2D eigenvalue weighted by atomic mass is 16.5. The van der Waals surface area contributed by atoms with Crippen LogP contribution in [0.2, 0.25) is 0 Å². The topological polar surface area (TPSA) is 44.1 Å². The van der Waals surface area contributed by atoms with E-state index in [0.29, 0.717) is 6.54 Å². The second-order valence-electron chi connectivity index (χ2n) is 2.93. The van der Waals surface area contributed by atoms with Crippen LogP contribution in [0, 0.1) is 5.92 Å². The summed E-state index contributed by atoms with van der Waals surface area (Å²) in [6.45, 7) is 0.662. The van der Waals surface area contributed by atoms with Gasteiger partial charge in [-0.05, 0) is 6.07 Å². The van der Waals surface area contributed by atoms with Crippen LogP contribution in [0.15, 0.2) is 12.3 Å². The maximum absolute atomic E-state index is 11.1. The molecule has 1 unspecified atom stereocenters. The van der Waals surface area contributed by atoms with Crippen molar-refractivity contribution in [3.05, 3.63) is 18.0 Å². The SMILES string of the molecule is COC(=O)C1Cc2ccnn2C1. The molecule has 0 fully saturated rings. The van der Waals surface area contributed by atoms with Gasteiger partial charge in [0.1, 0.15) is 0 Å². The van der Waals surface area contributed by atoms with Gasteiger partial charge in [-0.2, -0.15) is 5.10 Å². The molecule has 1 atom stereocenters. The number of hydrogen-bond acceptors (Lipinski definition) is 3. The minimum Gasteiger partial charge on any atom is -0.469 e. The number of fused-ring (bicyclic) bond motifs is 1. The Balaban J connectivity index is 2.12. The lowest BCUT2D eigenvalue weighted by atomic mass is 10.1. The quantitative estimate of drug-likeness (QED) is 0.561. The Labute approximate surface area is 70.1 Å². The van der Waals surface area contributed by atoms with Crippen molar-refractivity contribution in [2.75, 3.05) is 7.11 Å². The minimum atomic E-state index is -0.138. The number of carbonyl (C=O) groups is 1. The Hall–Kier alpha value is -1.32. The zero-order valence-corrected chi connectivity index (χ0v) is 6.86. The highest BCUT2D eigenvalue weighted by molar-refractivity contribution is 5.73. The number of carbonyl (C=O) groups excluding carboxylic acids is 1. The van der Waals surface area contributed by atoms with Crippen LogP contribution in [0.4, 0.5) is 0 Å². The van der Waals surface area contributed by atoms with Gasteiger partial charge in [0.25, 0.3) is 0 Å². The highest BCUT2D eigenvalue weighted by Gasteiger charge is 2.28. The predicted molar refractivity (Wildman–Crippen MR) is 41.4 cm³/mol. The maximum Gasteiger partial charge on any atom is 0.310 e. The molecule has 0 radical (unpaired) electrons. The van der Waals surface area contributed by atoms with E-state index in [4.69, 9.17) is 0 Å². The predicted octanol–water partition coefficient (Wildman–Crippen LogP) is 0.228. The molecule has 0 bridgehead atoms. The molecule has 0 aliphatic carbocycles. The fourth-order valence-corrected chi connectivity index (χ4v) is 1.55. The van der Waals surface area contributed by atoms with Gasteiger partial charge in [0.15, 0.2) is 0 Å². The van der Waals surface area contributed by atoms with E-state index in [0.717, 1.165) is 12.1 Å². The van der Waals surface area contributed by atoms with E-state index in [1.54, 1.807) is 6.20 Å². The first kappa shape index (κ1) is 7.34. The highest BCUT2D eigenvalue weighted by Crippen LogP contribution is 2.19. The molecule has 0 N–H and O–H groups in total. The molecule has 0 saturated carbocycles. The van der Waals surface area contributed by atoms with Gasteiger partial charge in [-0.3, -0.25) is 9.48 Å². The Morgan fingerprint density at radius 1 is 1.83 bits per heavy atom. The van der Waals surface area contributed by atoms with Gasteiger partial charge in [0.05, 0.1) is 19.6 Å². The summed E-state index contributed by atoms with van der Waals surface area (Å²) in [6.07, 6.45) is 2.51. The molecule has 1 aromatic rings. The lowest BCUT2D eigenvalue weighted by Gasteiger charge is -2.04. The van der Waals surface area contributed by atoms with Gasteiger partial charge in [-0.25, -0.2) is 0 Å². The first-order chi connectivity index (χ1) is 5.81. The summed E-state index contributed by atoms with van der Waals surface area (Å²) in [5, 5.41) is 4.07. The van der Waals surface area contributed by atoms with Crippen LogP contribution < -0.4 is 0 Å². The summed E-state index contributed by atoms with van der Waals surface area (Å²) < 4.78 is 6.50. The molecule has 1 aliphatic heterocycles. The third-order valence-electron chi connectivity index (χ3n) is 2.19. The van der Waals surface area contributed by atoms with E-state index < -0.39 is 0 Å². The maximum atomic E-state index is 11.1. The zero-order chi connectivity index (χ0) is 8.55. The van der Waals surface area contributed by atoms with Crippen LogP contribution in [-0.4, -0.2) is 22.9 Å². The molecule has 4 nitrogen and oxygen atoms in total. The zero-order valence-electron chi connectivity index (χ0n) is 6.86. The molecule has 2 rings (SSSR count). The number of rotatable bonds is 1. The molecule has 0 amide bonds. The number of methoxy groups -OCH3 is 1. The summed E-state index contributed by atoms with van der Waals surface area (Å²) in [5.41, 5.74) is 1.12. The lowest BCUT2D eigenvalue weighted by molar-refractivity contribution is -0.145. The normalized spacial score (nSPS) is 20.6. The molecule has 1 aromatic heterocycles. The van der Waals surface area contributed by atoms with Gasteiger partial charge in [-0.1, -0.05) is 0 Å². The number of esters is 1. The molecule has 0 aromatic carbocycles. The number of hydrogen-bond donors (Lipinski definition) is 0. The first-order valence-electron chi connectivity index (χ1n) is 3.90. The molecule has 1 aliphatic rings. The standard InChI is InChI=1S/C8H10N2O2/c1-12-8(11)6-4-7-2-3-9-10(7)5-6/h2-3,6H,4-5H2,1H3. The van der Waals surface area contributed by atoms with Crippen LogP contribution in [0.3, 0.4) is 0 Å². The summed E-state index contributed by atoms with van der Waals surface area (Å²) in [4.78, 5) is 11.1. The Kier molecular flexibility index (Phi) is 1.60. The van der Waals surface area contributed by atoms with Crippen molar-refractivity contribution in [2.45, 2.75) is 13.0 Å². The third-order valence-corrected chi connectivity index (χ3v) is 2.19. The van der Waals surface area contributed by atoms with Gasteiger partial charge >= 0.3 is 5.97 Å². The molecular formula is C8H10N2O2. The number of nitrogens with zero attached hydrogens (tertiary/aromatic N) is 2. The van der Waals surface area contributed by atoms with Crippen molar-refractivity contribution in [1.82, 2.24) is 9.78 Å². The lowest BCUT2D eigenvalue weighted by Crippen LogP contribution is -2.17. The smallest absolute Gasteiger partial charge is 0.310 e. The number of ether oxygens (including phenoxy) is 1. The number of aromatic nitrogens is 2. The van der Waals surface area contributed by atoms with E-state index in [2.05, 4.69) is 9.84 Å². The van der Waals surface area contributed by atoms with E-state index in [9.17, 15) is 4.79 Å². The van der Waals surface area contributed by atoms with Gasteiger partial charge in [0, 0.05) is 18.3 Å². The van der Waals surface area contributed by atoms with Gasteiger partial charge in [-0.15, -0.1) is 0 Å². The van der Waals surface area contributed by atoms with Crippen LogP contribution in [0.25, 0.3) is 0 Å². The van der Waals surface area contributed by atoms with E-state index in [1.807, 2.05) is 10.7 Å². The Bertz CT molecular complexity index is 285. The van der Waals surface area contributed by atoms with Crippen molar-refractivity contribution in [1.29, 1.82) is 0 Å². The van der Waals surface area contributed by atoms with Gasteiger partial charge < -0.3 is 4.74 Å². The van der Waals surface area contributed by atoms with Crippen LogP contribution in [0.5, 0.6) is 0 Å². The molecule has 12 heavy (non-hydrogen) atoms. The summed E-state index contributed by atoms with van der Waals surface area (Å²) in [6, 6.07) is 1.93. The summed E-state index contributed by atoms with van der Waals surface area (Å²) in [5.74, 6) is -0.167. The minimum absolute atomic E-state index is 0.0290. The molecule has 2 heterocycles. The van der Waals surface area contributed by atoms with Crippen molar-refractivity contribution >= 4 is 5.97 Å². The van der Waals surface area contributed by atoms with E-state index in [-0.39, 0.29) is 11.9 Å². The van der Waals surface area contributed by atoms with E-state index in [1.165, 1.54) is 7.11 Å². The van der Waals surface area contributed by atoms with Crippen LogP contribution >= 0.6 is 0 Å². The summed E-state index contributed by atoms with van der Waals surface area (Å²) >= 11 is 0. The molecular weight excluding hydrogens is 156 g/mol. The third kappa shape index (κ3) is 0.995. The Morgan fingerprint density at radius 2 is 2.67 bits per heavy atom. The molecule has 64 valence electrons. The van der Waals surface area contributed by atoms with Crippen molar-refractivity contribution in [3.8, 4) is 0 Å². The first-order valence-corrected chi connectivity index (χ1v) is 3.90. The molecule has 0 spiro atoms. The average molecular weight is 166 g/mol.